The van der Waals surface area contributed by atoms with E-state index in [2.05, 4.69) is 10.0 Å². The maximum Gasteiger partial charge on any atom is 0.241 e. The molecular formula is C25H23ClN2O4S. The fourth-order valence-corrected chi connectivity index (χ4v) is 5.16. The van der Waals surface area contributed by atoms with Crippen molar-refractivity contribution >= 4 is 39.0 Å². The third kappa shape index (κ3) is 5.68. The molecule has 0 aliphatic carbocycles. The van der Waals surface area contributed by atoms with Gasteiger partial charge in [-0.15, -0.1) is 0 Å². The predicted octanol–water partition coefficient (Wildman–Crippen LogP) is 4.45. The van der Waals surface area contributed by atoms with Crippen molar-refractivity contribution in [2.24, 2.45) is 0 Å². The topological polar surface area (TPSA) is 92.3 Å². The minimum atomic E-state index is -3.99. The first-order valence-corrected chi connectivity index (χ1v) is 12.5. The van der Waals surface area contributed by atoms with E-state index in [9.17, 15) is 18.0 Å². The number of hydrogen-bond donors (Lipinski definition) is 2. The highest BCUT2D eigenvalue weighted by Gasteiger charge is 2.28. The number of anilines is 1. The first kappa shape index (κ1) is 23.2. The summed E-state index contributed by atoms with van der Waals surface area (Å²) >= 11 is 5.92. The maximum absolute atomic E-state index is 13.2. The van der Waals surface area contributed by atoms with Crippen LogP contribution in [0.2, 0.25) is 5.02 Å². The van der Waals surface area contributed by atoms with Crippen molar-refractivity contribution in [1.29, 1.82) is 0 Å². The van der Waals surface area contributed by atoms with Crippen LogP contribution in [0.5, 0.6) is 0 Å². The van der Waals surface area contributed by atoms with E-state index in [-0.39, 0.29) is 23.0 Å². The van der Waals surface area contributed by atoms with Crippen molar-refractivity contribution in [3.8, 4) is 0 Å². The third-order valence-electron chi connectivity index (χ3n) is 5.58. The van der Waals surface area contributed by atoms with E-state index in [0.717, 1.165) is 11.1 Å². The maximum atomic E-state index is 13.2. The molecule has 3 aromatic carbocycles. The van der Waals surface area contributed by atoms with Gasteiger partial charge in [-0.25, -0.2) is 8.42 Å². The van der Waals surface area contributed by atoms with Crippen molar-refractivity contribution in [2.45, 2.75) is 36.6 Å². The van der Waals surface area contributed by atoms with Crippen LogP contribution in [-0.2, 0) is 32.5 Å². The van der Waals surface area contributed by atoms with Crippen molar-refractivity contribution < 1.29 is 18.0 Å². The number of ketones is 1. The van der Waals surface area contributed by atoms with E-state index in [0.29, 0.717) is 35.5 Å². The Kier molecular flexibility index (Phi) is 6.93. The van der Waals surface area contributed by atoms with Crippen LogP contribution in [0.25, 0.3) is 0 Å². The Hall–Kier alpha value is -3.00. The molecule has 1 atom stereocenters. The smallest absolute Gasteiger partial charge is 0.241 e. The summed E-state index contributed by atoms with van der Waals surface area (Å²) in [4.78, 5) is 24.8. The number of aryl methyl sites for hydroxylation is 2. The van der Waals surface area contributed by atoms with Crippen molar-refractivity contribution in [2.75, 3.05) is 5.32 Å². The summed E-state index contributed by atoms with van der Waals surface area (Å²) in [5.41, 5.74) is 2.89. The lowest BCUT2D eigenvalue weighted by molar-refractivity contribution is -0.120. The highest BCUT2D eigenvalue weighted by molar-refractivity contribution is 7.89. The molecule has 8 heteroatoms. The molecule has 1 aliphatic rings. The number of amides is 1. The lowest BCUT2D eigenvalue weighted by atomic mass is 9.98. The summed E-state index contributed by atoms with van der Waals surface area (Å²) in [7, 11) is -3.99. The first-order valence-electron chi connectivity index (χ1n) is 10.6. The Morgan fingerprint density at radius 2 is 1.73 bits per heavy atom. The van der Waals surface area contributed by atoms with Gasteiger partial charge in [0.2, 0.25) is 15.9 Å². The number of carbonyl (C=O) groups is 2. The second kappa shape index (κ2) is 9.87. The van der Waals surface area contributed by atoms with Gasteiger partial charge in [0, 0.05) is 23.6 Å². The average molecular weight is 483 g/mol. The van der Waals surface area contributed by atoms with Crippen molar-refractivity contribution in [3.05, 3.63) is 94.5 Å². The van der Waals surface area contributed by atoms with Crippen LogP contribution < -0.4 is 10.0 Å². The van der Waals surface area contributed by atoms with Gasteiger partial charge in [0.05, 0.1) is 4.90 Å². The second-order valence-electron chi connectivity index (χ2n) is 7.92. The molecule has 1 heterocycles. The van der Waals surface area contributed by atoms with Crippen LogP contribution in [0.4, 0.5) is 5.69 Å². The van der Waals surface area contributed by atoms with E-state index >= 15 is 0 Å². The molecule has 6 nitrogen and oxygen atoms in total. The largest absolute Gasteiger partial charge is 0.326 e. The summed E-state index contributed by atoms with van der Waals surface area (Å²) in [6.45, 7) is 0. The van der Waals surface area contributed by atoms with Crippen molar-refractivity contribution in [3.63, 3.8) is 0 Å². The highest BCUT2D eigenvalue weighted by atomic mass is 35.5. The van der Waals surface area contributed by atoms with Crippen LogP contribution in [0, 0.1) is 0 Å². The molecule has 33 heavy (non-hydrogen) atoms. The number of nitrogens with one attached hydrogen (secondary N) is 2. The number of fused-ring (bicyclic) bond motifs is 1. The highest BCUT2D eigenvalue weighted by Crippen LogP contribution is 2.27. The van der Waals surface area contributed by atoms with Gasteiger partial charge in [-0.05, 0) is 59.9 Å². The van der Waals surface area contributed by atoms with Gasteiger partial charge in [-0.2, -0.15) is 4.72 Å². The molecule has 2 N–H and O–H groups in total. The van der Waals surface area contributed by atoms with Crippen molar-refractivity contribution in [1.82, 2.24) is 4.72 Å². The molecule has 1 amide bonds. The number of rotatable bonds is 8. The Labute approximate surface area is 198 Å². The van der Waals surface area contributed by atoms with Crippen LogP contribution in [-0.4, -0.2) is 20.1 Å². The number of sulfonamides is 1. The average Bonchev–Trinajstić information content (AvgIpc) is 2.82. The Morgan fingerprint density at radius 1 is 1.00 bits per heavy atom. The van der Waals surface area contributed by atoms with Gasteiger partial charge in [0.1, 0.15) is 6.04 Å². The number of carbonyl (C=O) groups excluding carboxylic acids is 2. The number of benzene rings is 3. The summed E-state index contributed by atoms with van der Waals surface area (Å²) in [6.07, 6.45) is 1.41. The van der Waals surface area contributed by atoms with E-state index in [1.54, 1.807) is 48.5 Å². The molecule has 1 aliphatic heterocycles. The summed E-state index contributed by atoms with van der Waals surface area (Å²) in [5.74, 6) is -0.323. The standard InChI is InChI=1S/C25H23ClN2O4S/c26-20-10-6-17(7-11-20)8-14-23(29)25(18-4-2-1-3-5-18)28-33(31,32)21-12-13-22-19(16-21)9-15-24(30)27-22/h1-7,10-13,16,25,28H,8-9,14-15H2,(H,27,30). The van der Waals surface area contributed by atoms with Gasteiger partial charge in [-0.1, -0.05) is 54.1 Å². The molecule has 0 bridgehead atoms. The zero-order valence-corrected chi connectivity index (χ0v) is 19.3. The summed E-state index contributed by atoms with van der Waals surface area (Å²) in [5, 5.41) is 3.36. The Balaban J connectivity index is 1.56. The molecular weight excluding hydrogens is 460 g/mol. The zero-order valence-electron chi connectivity index (χ0n) is 17.8. The van der Waals surface area contributed by atoms with Crippen LogP contribution in [0.3, 0.4) is 0 Å². The molecule has 170 valence electrons. The van der Waals surface area contributed by atoms with E-state index in [1.807, 2.05) is 18.2 Å². The predicted molar refractivity (Wildman–Crippen MR) is 128 cm³/mol. The van der Waals surface area contributed by atoms with Gasteiger partial charge < -0.3 is 5.32 Å². The van der Waals surface area contributed by atoms with Crippen LogP contribution >= 0.6 is 11.6 Å². The molecule has 0 radical (unpaired) electrons. The van der Waals surface area contributed by atoms with Crippen LogP contribution in [0.1, 0.15) is 35.6 Å². The van der Waals surface area contributed by atoms with E-state index in [4.69, 9.17) is 11.6 Å². The molecule has 0 saturated carbocycles. The molecule has 0 fully saturated rings. The fraction of sp³-hybridized carbons (Fsp3) is 0.200. The van der Waals surface area contributed by atoms with Gasteiger partial charge in [0.25, 0.3) is 0 Å². The summed E-state index contributed by atoms with van der Waals surface area (Å²) in [6, 6.07) is 19.6. The van der Waals surface area contributed by atoms with Gasteiger partial charge in [-0.3, -0.25) is 9.59 Å². The second-order valence-corrected chi connectivity index (χ2v) is 10.1. The lowest BCUT2D eigenvalue weighted by Crippen LogP contribution is -2.34. The monoisotopic (exact) mass is 482 g/mol. The SMILES string of the molecule is O=C1CCc2cc(S(=O)(=O)NC(C(=O)CCc3ccc(Cl)cc3)c3ccccc3)ccc2N1. The lowest BCUT2D eigenvalue weighted by Gasteiger charge is -2.20. The zero-order chi connectivity index (χ0) is 23.4. The number of halogens is 1. The first-order chi connectivity index (χ1) is 15.8. The Bertz CT molecular complexity index is 1280. The summed E-state index contributed by atoms with van der Waals surface area (Å²) < 4.78 is 29.0. The molecule has 3 aromatic rings. The molecule has 1 unspecified atom stereocenters. The third-order valence-corrected chi connectivity index (χ3v) is 7.26. The normalized spacial score (nSPS) is 14.3. The van der Waals surface area contributed by atoms with E-state index in [1.165, 1.54) is 6.07 Å². The number of Topliss-reactive ketones (excluding diaryl/α,β-unsaturated/α-hetero) is 1. The quantitative estimate of drug-likeness (QED) is 0.496. The van der Waals surface area contributed by atoms with E-state index < -0.39 is 16.1 Å². The molecule has 0 saturated heterocycles. The Morgan fingerprint density at radius 3 is 2.45 bits per heavy atom. The van der Waals surface area contributed by atoms with Gasteiger partial charge >= 0.3 is 0 Å². The molecule has 4 rings (SSSR count). The minimum absolute atomic E-state index is 0.0591. The molecule has 0 aromatic heterocycles. The minimum Gasteiger partial charge on any atom is -0.326 e. The number of hydrogen-bond acceptors (Lipinski definition) is 4. The van der Waals surface area contributed by atoms with Crippen LogP contribution in [0.15, 0.2) is 77.7 Å². The fourth-order valence-electron chi connectivity index (χ4n) is 3.78. The van der Waals surface area contributed by atoms with Gasteiger partial charge in [0.15, 0.2) is 5.78 Å². The molecule has 0 spiro atoms.